The van der Waals surface area contributed by atoms with E-state index >= 15 is 0 Å². The largest absolute Gasteiger partial charge is 0.442 e. The van der Waals surface area contributed by atoms with Crippen molar-refractivity contribution < 1.29 is 23.1 Å². The van der Waals surface area contributed by atoms with Crippen LogP contribution in [0.25, 0.3) is 11.9 Å². The molecule has 2 heterocycles. The number of nitrogens with zero attached hydrogens (tertiary/aromatic N) is 5. The SMILES string of the molecule is CC(=O)NC[C@H]1CN(c2ccc(C=C(F)c3nnn(C)n3)c(F)c2)C(=O)O1. The van der Waals surface area contributed by atoms with Gasteiger partial charge in [0.1, 0.15) is 11.9 Å². The number of tetrazole rings is 1. The maximum Gasteiger partial charge on any atom is 0.414 e. The molecule has 0 unspecified atom stereocenters. The molecule has 0 bridgehead atoms. The molecule has 3 rings (SSSR count). The number of nitrogens with one attached hydrogen (secondary N) is 1. The van der Waals surface area contributed by atoms with Gasteiger partial charge in [0.15, 0.2) is 5.83 Å². The standard InChI is InChI=1S/C16H16F2N6O3/c1-9(25)19-7-12-8-24(16(26)27-12)11-4-3-10(13(17)6-11)5-14(18)15-20-22-23(2)21-15/h3-6,12H,7-8H2,1-2H3,(H,19,25)/t12-/m0/s1. The monoisotopic (exact) mass is 378 g/mol. The topological polar surface area (TPSA) is 102 Å². The molecule has 0 radical (unpaired) electrons. The van der Waals surface area contributed by atoms with Crippen LogP contribution >= 0.6 is 0 Å². The van der Waals surface area contributed by atoms with Gasteiger partial charge in [-0.1, -0.05) is 0 Å². The first-order chi connectivity index (χ1) is 12.8. The summed E-state index contributed by atoms with van der Waals surface area (Å²) in [5, 5.41) is 13.3. The maximum atomic E-state index is 14.4. The van der Waals surface area contributed by atoms with E-state index in [1.54, 1.807) is 0 Å². The minimum atomic E-state index is -0.842. The molecule has 1 atom stereocenters. The van der Waals surface area contributed by atoms with Gasteiger partial charge in [0, 0.05) is 12.5 Å². The highest BCUT2D eigenvalue weighted by molar-refractivity contribution is 5.90. The number of hydrogen-bond donors (Lipinski definition) is 1. The first-order valence-corrected chi connectivity index (χ1v) is 7.97. The van der Waals surface area contributed by atoms with E-state index in [2.05, 4.69) is 20.7 Å². The lowest BCUT2D eigenvalue weighted by Crippen LogP contribution is -2.33. The average molecular weight is 378 g/mol. The van der Waals surface area contributed by atoms with E-state index in [0.29, 0.717) is 0 Å². The lowest BCUT2D eigenvalue weighted by atomic mass is 10.1. The number of benzene rings is 1. The van der Waals surface area contributed by atoms with Gasteiger partial charge >= 0.3 is 6.09 Å². The van der Waals surface area contributed by atoms with Crippen LogP contribution in [-0.2, 0) is 16.6 Å². The van der Waals surface area contributed by atoms with Gasteiger partial charge in [-0.3, -0.25) is 9.69 Å². The van der Waals surface area contributed by atoms with Gasteiger partial charge in [-0.05, 0) is 29.5 Å². The molecule has 0 saturated carbocycles. The van der Waals surface area contributed by atoms with Gasteiger partial charge in [0.25, 0.3) is 0 Å². The minimum absolute atomic E-state index is 0.0361. The molecule has 27 heavy (non-hydrogen) atoms. The van der Waals surface area contributed by atoms with Crippen molar-refractivity contribution >= 4 is 29.6 Å². The van der Waals surface area contributed by atoms with Crippen LogP contribution in [0.1, 0.15) is 18.3 Å². The third-order valence-corrected chi connectivity index (χ3v) is 3.75. The summed E-state index contributed by atoms with van der Waals surface area (Å²) in [5.74, 6) is -2.08. The minimum Gasteiger partial charge on any atom is -0.442 e. The fourth-order valence-electron chi connectivity index (χ4n) is 2.48. The molecule has 1 aliphatic rings. The zero-order valence-electron chi connectivity index (χ0n) is 14.5. The number of carbonyl (C=O) groups is 2. The molecule has 1 fully saturated rings. The average Bonchev–Trinajstić information content (AvgIpc) is 3.20. The molecule has 1 aliphatic heterocycles. The molecule has 0 spiro atoms. The highest BCUT2D eigenvalue weighted by atomic mass is 19.1. The molecule has 1 aromatic heterocycles. The van der Waals surface area contributed by atoms with Gasteiger partial charge in [0.2, 0.25) is 11.7 Å². The first kappa shape index (κ1) is 18.4. The van der Waals surface area contributed by atoms with Crippen molar-refractivity contribution in [2.24, 2.45) is 7.05 Å². The van der Waals surface area contributed by atoms with Crippen molar-refractivity contribution in [1.29, 1.82) is 0 Å². The summed E-state index contributed by atoms with van der Waals surface area (Å²) in [6.07, 6.45) is -0.245. The molecular weight excluding hydrogens is 362 g/mol. The highest BCUT2D eigenvalue weighted by Gasteiger charge is 2.32. The summed E-state index contributed by atoms with van der Waals surface area (Å²) in [7, 11) is 1.48. The first-order valence-electron chi connectivity index (χ1n) is 7.97. The Morgan fingerprint density at radius 2 is 2.26 bits per heavy atom. The van der Waals surface area contributed by atoms with Crippen LogP contribution in [0.5, 0.6) is 0 Å². The summed E-state index contributed by atoms with van der Waals surface area (Å²) >= 11 is 0. The van der Waals surface area contributed by atoms with Crippen molar-refractivity contribution in [1.82, 2.24) is 25.5 Å². The van der Waals surface area contributed by atoms with E-state index in [1.807, 2.05) is 0 Å². The van der Waals surface area contributed by atoms with Gasteiger partial charge in [0.05, 0.1) is 25.8 Å². The molecule has 9 nitrogen and oxygen atoms in total. The number of anilines is 1. The molecule has 1 saturated heterocycles. The van der Waals surface area contributed by atoms with Crippen LogP contribution in [0.3, 0.4) is 0 Å². The second-order valence-corrected chi connectivity index (χ2v) is 5.85. The number of ether oxygens (including phenoxy) is 1. The number of cyclic esters (lactones) is 1. The lowest BCUT2D eigenvalue weighted by molar-refractivity contribution is -0.119. The Labute approximate surface area is 152 Å². The lowest BCUT2D eigenvalue weighted by Gasteiger charge is -2.13. The summed E-state index contributed by atoms with van der Waals surface area (Å²) in [5.41, 5.74) is 0.226. The quantitative estimate of drug-likeness (QED) is 0.841. The predicted octanol–water partition coefficient (Wildman–Crippen LogP) is 1.28. The van der Waals surface area contributed by atoms with Crippen LogP contribution in [0.2, 0.25) is 0 Å². The van der Waals surface area contributed by atoms with Crippen LogP contribution in [0.15, 0.2) is 18.2 Å². The fraction of sp³-hybridized carbons (Fsp3) is 0.312. The van der Waals surface area contributed by atoms with E-state index in [0.717, 1.165) is 16.9 Å². The number of aromatic nitrogens is 4. The molecule has 11 heteroatoms. The zero-order valence-corrected chi connectivity index (χ0v) is 14.5. The van der Waals surface area contributed by atoms with E-state index in [-0.39, 0.29) is 36.1 Å². The summed E-state index contributed by atoms with van der Waals surface area (Å²) in [4.78, 5) is 25.2. The third-order valence-electron chi connectivity index (χ3n) is 3.75. The molecule has 0 aliphatic carbocycles. The number of carbonyl (C=O) groups excluding carboxylic acids is 2. The summed E-state index contributed by atoms with van der Waals surface area (Å²) in [6, 6.07) is 3.90. The number of aryl methyl sites for hydroxylation is 1. The maximum absolute atomic E-state index is 14.4. The van der Waals surface area contributed by atoms with Crippen LogP contribution in [0, 0.1) is 5.82 Å². The predicted molar refractivity (Wildman–Crippen MR) is 90.5 cm³/mol. The van der Waals surface area contributed by atoms with Crippen LogP contribution < -0.4 is 10.2 Å². The van der Waals surface area contributed by atoms with E-state index in [4.69, 9.17) is 4.74 Å². The summed E-state index contributed by atoms with van der Waals surface area (Å²) in [6.45, 7) is 1.68. The highest BCUT2D eigenvalue weighted by Crippen LogP contribution is 2.26. The van der Waals surface area contributed by atoms with Crippen molar-refractivity contribution in [3.63, 3.8) is 0 Å². The zero-order chi connectivity index (χ0) is 19.6. The van der Waals surface area contributed by atoms with Gasteiger partial charge in [-0.25, -0.2) is 13.6 Å². The van der Waals surface area contributed by atoms with Crippen molar-refractivity contribution in [2.45, 2.75) is 13.0 Å². The van der Waals surface area contributed by atoms with E-state index in [1.165, 1.54) is 31.0 Å². The Bertz CT molecular complexity index is 913. The fourth-order valence-corrected chi connectivity index (χ4v) is 2.48. The summed E-state index contributed by atoms with van der Waals surface area (Å²) < 4.78 is 33.6. The van der Waals surface area contributed by atoms with Gasteiger partial charge < -0.3 is 10.1 Å². The van der Waals surface area contributed by atoms with Crippen molar-refractivity contribution in [3.05, 3.63) is 35.4 Å². The molecular formula is C16H16F2N6O3. The molecule has 2 aromatic rings. The smallest absolute Gasteiger partial charge is 0.414 e. The van der Waals surface area contributed by atoms with Crippen LogP contribution in [0.4, 0.5) is 19.3 Å². The molecule has 1 N–H and O–H groups in total. The van der Waals surface area contributed by atoms with Gasteiger partial charge in [-0.15, -0.1) is 10.2 Å². The Balaban J connectivity index is 1.75. The normalized spacial score (nSPS) is 17.2. The Morgan fingerprint density at radius 3 is 2.89 bits per heavy atom. The Morgan fingerprint density at radius 1 is 1.48 bits per heavy atom. The van der Waals surface area contributed by atoms with Gasteiger partial charge in [-0.2, -0.15) is 4.80 Å². The number of halogens is 2. The second-order valence-electron chi connectivity index (χ2n) is 5.85. The van der Waals surface area contributed by atoms with E-state index in [9.17, 15) is 18.4 Å². The van der Waals surface area contributed by atoms with Crippen molar-refractivity contribution in [3.8, 4) is 0 Å². The Kier molecular flexibility index (Phi) is 5.10. The number of hydrogen-bond acceptors (Lipinski definition) is 6. The number of amides is 2. The van der Waals surface area contributed by atoms with Crippen LogP contribution in [-0.4, -0.2) is 51.4 Å². The van der Waals surface area contributed by atoms with Crippen molar-refractivity contribution in [2.75, 3.05) is 18.0 Å². The molecule has 142 valence electrons. The van der Waals surface area contributed by atoms with E-state index < -0.39 is 23.8 Å². The Hall–Kier alpha value is -3.37. The number of rotatable bonds is 5. The molecule has 1 aromatic carbocycles. The second kappa shape index (κ2) is 7.48. The molecule has 2 amide bonds. The third kappa shape index (κ3) is 4.25.